The van der Waals surface area contributed by atoms with Gasteiger partial charge in [-0.2, -0.15) is 5.10 Å². The van der Waals surface area contributed by atoms with E-state index in [-0.39, 0.29) is 5.91 Å². The highest BCUT2D eigenvalue weighted by Crippen LogP contribution is 2.12. The smallest absolute Gasteiger partial charge is 0.225 e. The second-order valence-corrected chi connectivity index (χ2v) is 4.57. The van der Waals surface area contributed by atoms with Gasteiger partial charge in [-0.1, -0.05) is 6.42 Å². The summed E-state index contributed by atoms with van der Waals surface area (Å²) in [6.07, 6.45) is 6.91. The number of carbonyl (C=O) groups excluding carboxylic acids is 1. The lowest BCUT2D eigenvalue weighted by Gasteiger charge is -2.22. The number of hydrogen-bond acceptors (Lipinski definition) is 3. The molecule has 1 amide bonds. The minimum Gasteiger partial charge on any atom is -0.314 e. The molecule has 2 N–H and O–H groups in total. The standard InChI is InChI=1S/C12H20N4O/c1-16-11(7-9-14-16)15-12(17)6-5-10-4-2-3-8-13-10/h7,9-10,13H,2-6,8H2,1H3,(H,15,17). The van der Waals surface area contributed by atoms with E-state index in [1.807, 2.05) is 7.05 Å². The number of aryl methyl sites for hydroxylation is 1. The molecule has 0 saturated carbocycles. The number of nitrogens with zero attached hydrogens (tertiary/aromatic N) is 2. The van der Waals surface area contributed by atoms with E-state index in [1.165, 1.54) is 19.3 Å². The van der Waals surface area contributed by atoms with Gasteiger partial charge in [0.1, 0.15) is 5.82 Å². The number of hydrogen-bond donors (Lipinski definition) is 2. The molecule has 5 heteroatoms. The molecule has 1 aromatic heterocycles. The van der Waals surface area contributed by atoms with Gasteiger partial charge in [0.05, 0.1) is 6.20 Å². The number of nitrogens with one attached hydrogen (secondary N) is 2. The van der Waals surface area contributed by atoms with E-state index in [0.717, 1.165) is 18.8 Å². The van der Waals surface area contributed by atoms with Crippen LogP contribution in [-0.2, 0) is 11.8 Å². The third kappa shape index (κ3) is 3.56. The fourth-order valence-corrected chi connectivity index (χ4v) is 2.18. The summed E-state index contributed by atoms with van der Waals surface area (Å²) in [5, 5.41) is 10.3. The van der Waals surface area contributed by atoms with Crippen LogP contribution in [0.3, 0.4) is 0 Å². The van der Waals surface area contributed by atoms with Crippen LogP contribution in [0.25, 0.3) is 0 Å². The van der Waals surface area contributed by atoms with Crippen LogP contribution in [0.5, 0.6) is 0 Å². The van der Waals surface area contributed by atoms with E-state index in [1.54, 1.807) is 16.9 Å². The molecule has 0 aromatic carbocycles. The lowest BCUT2D eigenvalue weighted by molar-refractivity contribution is -0.116. The molecule has 1 fully saturated rings. The van der Waals surface area contributed by atoms with Crippen molar-refractivity contribution in [2.45, 2.75) is 38.1 Å². The van der Waals surface area contributed by atoms with Crippen LogP contribution in [-0.4, -0.2) is 28.3 Å². The van der Waals surface area contributed by atoms with Gasteiger partial charge in [0.2, 0.25) is 5.91 Å². The van der Waals surface area contributed by atoms with Gasteiger partial charge < -0.3 is 10.6 Å². The lowest BCUT2D eigenvalue weighted by atomic mass is 10.0. The van der Waals surface area contributed by atoms with E-state index in [2.05, 4.69) is 15.7 Å². The number of aromatic nitrogens is 2. The Labute approximate surface area is 102 Å². The lowest BCUT2D eigenvalue weighted by Crippen LogP contribution is -2.34. The van der Waals surface area contributed by atoms with Gasteiger partial charge in [-0.15, -0.1) is 0 Å². The third-order valence-electron chi connectivity index (χ3n) is 3.22. The Morgan fingerprint density at radius 2 is 2.53 bits per heavy atom. The van der Waals surface area contributed by atoms with Crippen molar-refractivity contribution in [2.75, 3.05) is 11.9 Å². The predicted molar refractivity (Wildman–Crippen MR) is 66.7 cm³/mol. The van der Waals surface area contributed by atoms with E-state index in [9.17, 15) is 4.79 Å². The Morgan fingerprint density at radius 1 is 1.65 bits per heavy atom. The summed E-state index contributed by atoms with van der Waals surface area (Å²) in [4.78, 5) is 11.7. The molecule has 0 aliphatic carbocycles. The average molecular weight is 236 g/mol. The summed E-state index contributed by atoms with van der Waals surface area (Å²) in [6.45, 7) is 1.09. The SMILES string of the molecule is Cn1nccc1NC(=O)CCC1CCCCN1. The van der Waals surface area contributed by atoms with Crippen LogP contribution in [0, 0.1) is 0 Å². The molecule has 1 unspecified atom stereocenters. The van der Waals surface area contributed by atoms with Crippen LogP contribution in [0.4, 0.5) is 5.82 Å². The quantitative estimate of drug-likeness (QED) is 0.828. The van der Waals surface area contributed by atoms with Gasteiger partial charge in [-0.25, -0.2) is 0 Å². The molecule has 0 radical (unpaired) electrons. The number of rotatable bonds is 4. The van der Waals surface area contributed by atoms with Crippen molar-refractivity contribution in [1.82, 2.24) is 15.1 Å². The normalized spacial score (nSPS) is 20.2. The van der Waals surface area contributed by atoms with Gasteiger partial charge in [0.15, 0.2) is 0 Å². The fourth-order valence-electron chi connectivity index (χ4n) is 2.18. The van der Waals surface area contributed by atoms with E-state index >= 15 is 0 Å². The first-order chi connectivity index (χ1) is 8.25. The summed E-state index contributed by atoms with van der Waals surface area (Å²) in [5.41, 5.74) is 0. The molecule has 5 nitrogen and oxygen atoms in total. The summed E-state index contributed by atoms with van der Waals surface area (Å²) in [5.74, 6) is 0.826. The van der Waals surface area contributed by atoms with Crippen molar-refractivity contribution in [3.8, 4) is 0 Å². The Bertz CT molecular complexity index is 368. The minimum atomic E-state index is 0.0703. The molecule has 1 aromatic rings. The minimum absolute atomic E-state index is 0.0703. The molecular weight excluding hydrogens is 216 g/mol. The van der Waals surface area contributed by atoms with Crippen molar-refractivity contribution in [3.05, 3.63) is 12.3 Å². The van der Waals surface area contributed by atoms with Gasteiger partial charge in [0.25, 0.3) is 0 Å². The number of carbonyl (C=O) groups is 1. The third-order valence-corrected chi connectivity index (χ3v) is 3.22. The first kappa shape index (κ1) is 12.1. The highest BCUT2D eigenvalue weighted by molar-refractivity contribution is 5.89. The van der Waals surface area contributed by atoms with Gasteiger partial charge in [-0.05, 0) is 25.8 Å². The van der Waals surface area contributed by atoms with Crippen LogP contribution >= 0.6 is 0 Å². The number of amides is 1. The first-order valence-corrected chi connectivity index (χ1v) is 6.27. The molecular formula is C12H20N4O. The van der Waals surface area contributed by atoms with Crippen molar-refractivity contribution in [2.24, 2.45) is 7.05 Å². The molecule has 1 atom stereocenters. The predicted octanol–water partition coefficient (Wildman–Crippen LogP) is 1.28. The van der Waals surface area contributed by atoms with Crippen molar-refractivity contribution in [1.29, 1.82) is 0 Å². The molecule has 2 rings (SSSR count). The Kier molecular flexibility index (Phi) is 4.14. The van der Waals surface area contributed by atoms with Crippen LogP contribution in [0.15, 0.2) is 12.3 Å². The number of anilines is 1. The molecule has 17 heavy (non-hydrogen) atoms. The van der Waals surface area contributed by atoms with Crippen LogP contribution in [0.2, 0.25) is 0 Å². The highest BCUT2D eigenvalue weighted by atomic mass is 16.1. The highest BCUT2D eigenvalue weighted by Gasteiger charge is 2.14. The van der Waals surface area contributed by atoms with Crippen LogP contribution in [0.1, 0.15) is 32.1 Å². The van der Waals surface area contributed by atoms with E-state index in [0.29, 0.717) is 12.5 Å². The first-order valence-electron chi connectivity index (χ1n) is 6.27. The van der Waals surface area contributed by atoms with E-state index < -0.39 is 0 Å². The molecule has 1 aliphatic rings. The molecule has 0 bridgehead atoms. The van der Waals surface area contributed by atoms with Crippen molar-refractivity contribution < 1.29 is 4.79 Å². The second kappa shape index (κ2) is 5.82. The average Bonchev–Trinajstić information content (AvgIpc) is 2.74. The molecule has 1 aliphatic heterocycles. The zero-order chi connectivity index (χ0) is 12.1. The second-order valence-electron chi connectivity index (χ2n) is 4.57. The number of piperidine rings is 1. The monoisotopic (exact) mass is 236 g/mol. The zero-order valence-electron chi connectivity index (χ0n) is 10.3. The Balaban J connectivity index is 1.72. The molecule has 1 saturated heterocycles. The van der Waals surface area contributed by atoms with Gasteiger partial charge in [0, 0.05) is 25.6 Å². The van der Waals surface area contributed by atoms with E-state index in [4.69, 9.17) is 0 Å². The summed E-state index contributed by atoms with van der Waals surface area (Å²) < 4.78 is 1.66. The van der Waals surface area contributed by atoms with Crippen molar-refractivity contribution >= 4 is 11.7 Å². The largest absolute Gasteiger partial charge is 0.314 e. The summed E-state index contributed by atoms with van der Waals surface area (Å²) in [7, 11) is 1.82. The van der Waals surface area contributed by atoms with Gasteiger partial charge in [-0.3, -0.25) is 9.48 Å². The molecule has 2 heterocycles. The fraction of sp³-hybridized carbons (Fsp3) is 0.667. The maximum absolute atomic E-state index is 11.7. The summed E-state index contributed by atoms with van der Waals surface area (Å²) in [6, 6.07) is 2.32. The zero-order valence-corrected chi connectivity index (χ0v) is 10.3. The van der Waals surface area contributed by atoms with Crippen molar-refractivity contribution in [3.63, 3.8) is 0 Å². The Hall–Kier alpha value is -1.36. The topological polar surface area (TPSA) is 59.0 Å². The Morgan fingerprint density at radius 3 is 3.18 bits per heavy atom. The summed E-state index contributed by atoms with van der Waals surface area (Å²) >= 11 is 0. The van der Waals surface area contributed by atoms with Gasteiger partial charge >= 0.3 is 0 Å². The molecule has 0 spiro atoms. The van der Waals surface area contributed by atoms with Crippen LogP contribution < -0.4 is 10.6 Å². The maximum Gasteiger partial charge on any atom is 0.225 e. The maximum atomic E-state index is 11.7. The molecule has 94 valence electrons.